The van der Waals surface area contributed by atoms with Crippen molar-refractivity contribution >= 4 is 22.6 Å². The molecule has 0 unspecified atom stereocenters. The molecule has 5 nitrogen and oxygen atoms in total. The standard InChI is InChI=1S/C18H12FN3O2/c19-12-5-3-11(4-6-12)17-21-14-8-7-13(10-15(14)22-17)20-18(23)16-2-1-9-24-16/h1-10H,(H,20,23)(H,21,22). The molecule has 24 heavy (non-hydrogen) atoms. The molecular formula is C18H12FN3O2. The lowest BCUT2D eigenvalue weighted by Crippen LogP contribution is -2.10. The number of aromatic amines is 1. The van der Waals surface area contributed by atoms with Gasteiger partial charge in [-0.15, -0.1) is 0 Å². The molecule has 0 aliphatic carbocycles. The van der Waals surface area contributed by atoms with Gasteiger partial charge in [-0.3, -0.25) is 4.79 Å². The molecule has 6 heteroatoms. The van der Waals surface area contributed by atoms with Crippen LogP contribution in [0.2, 0.25) is 0 Å². The van der Waals surface area contributed by atoms with Gasteiger partial charge in [0.25, 0.3) is 5.91 Å². The maximum atomic E-state index is 13.0. The Morgan fingerprint density at radius 1 is 1.12 bits per heavy atom. The van der Waals surface area contributed by atoms with Gasteiger partial charge in [-0.25, -0.2) is 9.37 Å². The van der Waals surface area contributed by atoms with Gasteiger partial charge in [0, 0.05) is 11.3 Å². The fourth-order valence-electron chi connectivity index (χ4n) is 2.43. The zero-order valence-corrected chi connectivity index (χ0v) is 12.4. The lowest BCUT2D eigenvalue weighted by molar-refractivity contribution is 0.0996. The summed E-state index contributed by atoms with van der Waals surface area (Å²) >= 11 is 0. The average molecular weight is 321 g/mol. The molecule has 0 aliphatic heterocycles. The molecule has 4 rings (SSSR count). The number of imidazole rings is 1. The number of anilines is 1. The van der Waals surface area contributed by atoms with Crippen LogP contribution in [0.3, 0.4) is 0 Å². The Kier molecular flexibility index (Phi) is 3.35. The summed E-state index contributed by atoms with van der Waals surface area (Å²) in [6.45, 7) is 0. The van der Waals surface area contributed by atoms with E-state index in [9.17, 15) is 9.18 Å². The summed E-state index contributed by atoms with van der Waals surface area (Å²) in [6, 6.07) is 14.7. The van der Waals surface area contributed by atoms with E-state index in [1.165, 1.54) is 18.4 Å². The van der Waals surface area contributed by atoms with Crippen LogP contribution < -0.4 is 5.32 Å². The summed E-state index contributed by atoms with van der Waals surface area (Å²) in [5, 5.41) is 2.76. The van der Waals surface area contributed by atoms with Gasteiger partial charge in [0.15, 0.2) is 5.76 Å². The summed E-state index contributed by atoms with van der Waals surface area (Å²) in [5.41, 5.74) is 2.93. The SMILES string of the molecule is O=C(Nc1ccc2nc(-c3ccc(F)cc3)[nH]c2c1)c1ccco1. The predicted octanol–water partition coefficient (Wildman–Crippen LogP) is 4.21. The highest BCUT2D eigenvalue weighted by atomic mass is 19.1. The summed E-state index contributed by atoms with van der Waals surface area (Å²) in [5.74, 6) is 0.265. The van der Waals surface area contributed by atoms with Gasteiger partial charge < -0.3 is 14.7 Å². The van der Waals surface area contributed by atoms with Gasteiger partial charge in [-0.1, -0.05) is 0 Å². The Bertz CT molecular complexity index is 1000. The van der Waals surface area contributed by atoms with Gasteiger partial charge >= 0.3 is 0 Å². The predicted molar refractivity (Wildman–Crippen MR) is 88.1 cm³/mol. The van der Waals surface area contributed by atoms with Gasteiger partial charge in [0.2, 0.25) is 0 Å². The number of benzene rings is 2. The number of nitrogens with one attached hydrogen (secondary N) is 2. The molecule has 118 valence electrons. The van der Waals surface area contributed by atoms with Crippen LogP contribution in [0.4, 0.5) is 10.1 Å². The number of hydrogen-bond donors (Lipinski definition) is 2. The Morgan fingerprint density at radius 3 is 2.71 bits per heavy atom. The fourth-order valence-corrected chi connectivity index (χ4v) is 2.43. The molecule has 0 saturated heterocycles. The normalized spacial score (nSPS) is 10.9. The minimum atomic E-state index is -0.322. The third-order valence-corrected chi connectivity index (χ3v) is 3.60. The number of amides is 1. The first-order chi connectivity index (χ1) is 11.7. The lowest BCUT2D eigenvalue weighted by Gasteiger charge is -2.02. The van der Waals surface area contributed by atoms with Crippen LogP contribution in [0.15, 0.2) is 65.3 Å². The highest BCUT2D eigenvalue weighted by Crippen LogP contribution is 2.23. The fraction of sp³-hybridized carbons (Fsp3) is 0. The molecule has 2 aromatic carbocycles. The quantitative estimate of drug-likeness (QED) is 0.593. The molecule has 0 bridgehead atoms. The molecule has 0 atom stereocenters. The second-order valence-electron chi connectivity index (χ2n) is 5.26. The number of fused-ring (bicyclic) bond motifs is 1. The van der Waals surface area contributed by atoms with Crippen molar-refractivity contribution in [3.8, 4) is 11.4 Å². The zero-order chi connectivity index (χ0) is 16.5. The van der Waals surface area contributed by atoms with E-state index in [-0.39, 0.29) is 17.5 Å². The largest absolute Gasteiger partial charge is 0.459 e. The number of H-pyrrole nitrogens is 1. The number of furan rings is 1. The Balaban J connectivity index is 1.63. The molecule has 1 amide bonds. The van der Waals surface area contributed by atoms with Crippen molar-refractivity contribution in [1.29, 1.82) is 0 Å². The van der Waals surface area contributed by atoms with Gasteiger partial charge in [0.05, 0.1) is 17.3 Å². The first kappa shape index (κ1) is 14.2. The number of nitrogens with zero attached hydrogens (tertiary/aromatic N) is 1. The molecule has 2 aromatic heterocycles. The van der Waals surface area contributed by atoms with E-state index in [1.807, 2.05) is 0 Å². The van der Waals surface area contributed by atoms with Crippen LogP contribution in [0.5, 0.6) is 0 Å². The topological polar surface area (TPSA) is 70.9 Å². The van der Waals surface area contributed by atoms with E-state index < -0.39 is 0 Å². The van der Waals surface area contributed by atoms with Gasteiger partial charge in [-0.2, -0.15) is 0 Å². The number of carbonyl (C=O) groups is 1. The van der Waals surface area contributed by atoms with E-state index >= 15 is 0 Å². The van der Waals surface area contributed by atoms with E-state index in [0.29, 0.717) is 11.5 Å². The van der Waals surface area contributed by atoms with Crippen molar-refractivity contribution < 1.29 is 13.6 Å². The number of aromatic nitrogens is 2. The number of hydrogen-bond acceptors (Lipinski definition) is 3. The first-order valence-corrected chi connectivity index (χ1v) is 7.29. The van der Waals surface area contributed by atoms with Crippen molar-refractivity contribution in [2.45, 2.75) is 0 Å². The van der Waals surface area contributed by atoms with E-state index in [2.05, 4.69) is 15.3 Å². The molecule has 0 aliphatic rings. The number of carbonyl (C=O) groups excluding carboxylic acids is 1. The molecule has 0 saturated carbocycles. The van der Waals surface area contributed by atoms with Gasteiger partial charge in [-0.05, 0) is 54.6 Å². The number of halogens is 1. The number of rotatable bonds is 3. The average Bonchev–Trinajstić information content (AvgIpc) is 3.24. The van der Waals surface area contributed by atoms with Crippen LogP contribution in [0.25, 0.3) is 22.4 Å². The van der Waals surface area contributed by atoms with Crippen molar-refractivity contribution in [3.63, 3.8) is 0 Å². The molecule has 4 aromatic rings. The third kappa shape index (κ3) is 2.65. The van der Waals surface area contributed by atoms with Crippen LogP contribution >= 0.6 is 0 Å². The lowest BCUT2D eigenvalue weighted by atomic mass is 10.2. The second-order valence-corrected chi connectivity index (χ2v) is 5.26. The van der Waals surface area contributed by atoms with Crippen LogP contribution in [0, 0.1) is 5.82 Å². The second kappa shape index (κ2) is 5.66. The third-order valence-electron chi connectivity index (χ3n) is 3.60. The van der Waals surface area contributed by atoms with Crippen molar-refractivity contribution in [3.05, 3.63) is 72.4 Å². The van der Waals surface area contributed by atoms with Crippen molar-refractivity contribution in [2.24, 2.45) is 0 Å². The monoisotopic (exact) mass is 321 g/mol. The van der Waals surface area contributed by atoms with Gasteiger partial charge in [0.1, 0.15) is 11.6 Å². The maximum Gasteiger partial charge on any atom is 0.291 e. The molecule has 0 spiro atoms. The Morgan fingerprint density at radius 2 is 1.96 bits per heavy atom. The Labute approximate surface area is 136 Å². The van der Waals surface area contributed by atoms with Crippen LogP contribution in [0.1, 0.15) is 10.6 Å². The highest BCUT2D eigenvalue weighted by Gasteiger charge is 2.10. The van der Waals surface area contributed by atoms with Crippen LogP contribution in [-0.2, 0) is 0 Å². The molecule has 0 fully saturated rings. The smallest absolute Gasteiger partial charge is 0.291 e. The summed E-state index contributed by atoms with van der Waals surface area (Å²) in [6.07, 6.45) is 1.45. The maximum absolute atomic E-state index is 13.0. The minimum absolute atomic E-state index is 0.242. The molecule has 2 heterocycles. The van der Waals surface area contributed by atoms with E-state index in [0.717, 1.165) is 16.6 Å². The first-order valence-electron chi connectivity index (χ1n) is 7.29. The van der Waals surface area contributed by atoms with Crippen molar-refractivity contribution in [2.75, 3.05) is 5.32 Å². The van der Waals surface area contributed by atoms with Crippen LogP contribution in [-0.4, -0.2) is 15.9 Å². The zero-order valence-electron chi connectivity index (χ0n) is 12.4. The molecular weight excluding hydrogens is 309 g/mol. The molecule has 0 radical (unpaired) electrons. The summed E-state index contributed by atoms with van der Waals surface area (Å²) < 4.78 is 18.1. The van der Waals surface area contributed by atoms with E-state index in [4.69, 9.17) is 4.42 Å². The minimum Gasteiger partial charge on any atom is -0.459 e. The van der Waals surface area contributed by atoms with Crippen molar-refractivity contribution in [1.82, 2.24) is 9.97 Å². The molecule has 2 N–H and O–H groups in total. The highest BCUT2D eigenvalue weighted by molar-refractivity contribution is 6.03. The van der Waals surface area contributed by atoms with E-state index in [1.54, 1.807) is 42.5 Å². The Hall–Kier alpha value is -3.41. The summed E-state index contributed by atoms with van der Waals surface area (Å²) in [4.78, 5) is 19.6. The summed E-state index contributed by atoms with van der Waals surface area (Å²) in [7, 11) is 0.